The Labute approximate surface area is 252 Å². The minimum absolute atomic E-state index is 0.105. The van der Waals surface area contributed by atoms with E-state index < -0.39 is 29.6 Å². The van der Waals surface area contributed by atoms with Gasteiger partial charge < -0.3 is 25.2 Å². The number of ether oxygens (including phenoxy) is 1. The molecule has 4 fully saturated rings. The topological polar surface area (TPSA) is 91.0 Å². The second kappa shape index (κ2) is 11.9. The predicted molar refractivity (Wildman–Crippen MR) is 159 cm³/mol. The molecule has 10 heteroatoms. The highest BCUT2D eigenvalue weighted by Gasteiger charge is 2.72. The monoisotopic (exact) mass is 602 g/mol. The van der Waals surface area contributed by atoms with Crippen LogP contribution in [0.4, 0.5) is 5.69 Å². The van der Waals surface area contributed by atoms with Crippen LogP contribution in [-0.2, 0) is 19.1 Å². The number of piperidine rings is 1. The Morgan fingerprint density at radius 1 is 1.00 bits per heavy atom. The average Bonchev–Trinajstić information content (AvgIpc) is 3.57. The Morgan fingerprint density at radius 2 is 1.71 bits per heavy atom. The number of amides is 3. The summed E-state index contributed by atoms with van der Waals surface area (Å²) < 4.78 is 6.48. The minimum Gasteiger partial charge on any atom is -0.359 e. The van der Waals surface area contributed by atoms with Crippen LogP contribution in [0.1, 0.15) is 58.3 Å². The summed E-state index contributed by atoms with van der Waals surface area (Å²) in [4.78, 5) is 46.0. The molecule has 2 N–H and O–H groups in total. The summed E-state index contributed by atoms with van der Waals surface area (Å²) >= 11 is 12.3. The van der Waals surface area contributed by atoms with E-state index >= 15 is 0 Å². The summed E-state index contributed by atoms with van der Waals surface area (Å²) in [7, 11) is 0. The summed E-state index contributed by atoms with van der Waals surface area (Å²) in [6.45, 7) is 5.76. The van der Waals surface area contributed by atoms with Crippen molar-refractivity contribution in [3.05, 3.63) is 40.4 Å². The molecule has 0 radical (unpaired) electrons. The van der Waals surface area contributed by atoms with Gasteiger partial charge >= 0.3 is 0 Å². The van der Waals surface area contributed by atoms with Crippen molar-refractivity contribution < 1.29 is 19.1 Å². The van der Waals surface area contributed by atoms with Crippen LogP contribution in [0.3, 0.4) is 0 Å². The van der Waals surface area contributed by atoms with E-state index in [4.69, 9.17) is 27.9 Å². The van der Waals surface area contributed by atoms with E-state index in [2.05, 4.69) is 22.5 Å². The van der Waals surface area contributed by atoms with Crippen molar-refractivity contribution in [3.63, 3.8) is 0 Å². The molecule has 2 bridgehead atoms. The fourth-order valence-corrected chi connectivity index (χ4v) is 8.16. The van der Waals surface area contributed by atoms with E-state index in [9.17, 15) is 14.4 Å². The van der Waals surface area contributed by atoms with Crippen LogP contribution in [0.2, 0.25) is 10.0 Å². The van der Waals surface area contributed by atoms with Gasteiger partial charge in [0.05, 0.1) is 17.9 Å². The molecule has 5 atom stereocenters. The molecule has 1 aromatic carbocycles. The molecule has 222 valence electrons. The van der Waals surface area contributed by atoms with Gasteiger partial charge in [-0.3, -0.25) is 14.4 Å². The maximum absolute atomic E-state index is 14.2. The van der Waals surface area contributed by atoms with Gasteiger partial charge in [0.15, 0.2) is 0 Å². The van der Waals surface area contributed by atoms with E-state index in [0.29, 0.717) is 22.3 Å². The van der Waals surface area contributed by atoms with Crippen LogP contribution < -0.4 is 10.6 Å². The molecule has 3 saturated heterocycles. The maximum Gasteiger partial charge on any atom is 0.246 e. The SMILES string of the molecule is CC1CCN(CCCN2C(=O)C3C(C(=O)Nc4cc(Cl)cc(Cl)c4)C4C=CC3(O4)C2C(=O)NC2CCCCC2)CC1. The zero-order valence-corrected chi connectivity index (χ0v) is 25.1. The summed E-state index contributed by atoms with van der Waals surface area (Å²) in [5, 5.41) is 6.95. The van der Waals surface area contributed by atoms with Gasteiger partial charge in [0.2, 0.25) is 17.7 Å². The van der Waals surface area contributed by atoms with Crippen LogP contribution in [0, 0.1) is 17.8 Å². The molecule has 0 aromatic heterocycles. The minimum atomic E-state index is -1.16. The molecule has 1 spiro atoms. The maximum atomic E-state index is 14.2. The first-order valence-corrected chi connectivity index (χ1v) is 16.0. The van der Waals surface area contributed by atoms with Crippen molar-refractivity contribution >= 4 is 46.6 Å². The first kappa shape index (κ1) is 29.0. The number of rotatable bonds is 8. The number of hydrogen-bond donors (Lipinski definition) is 2. The number of nitrogens with zero attached hydrogens (tertiary/aromatic N) is 2. The number of fused-ring (bicyclic) bond motifs is 1. The summed E-state index contributed by atoms with van der Waals surface area (Å²) in [5.41, 5.74) is -0.701. The highest BCUT2D eigenvalue weighted by molar-refractivity contribution is 6.35. The van der Waals surface area contributed by atoms with Crippen molar-refractivity contribution in [3.8, 4) is 0 Å². The van der Waals surface area contributed by atoms with E-state index in [1.54, 1.807) is 23.1 Å². The van der Waals surface area contributed by atoms with E-state index in [1.165, 1.54) is 19.3 Å². The van der Waals surface area contributed by atoms with Crippen molar-refractivity contribution in [2.45, 2.75) is 82.1 Å². The smallest absolute Gasteiger partial charge is 0.246 e. The summed E-state index contributed by atoms with van der Waals surface area (Å²) in [6, 6.07) is 4.14. The molecule has 5 aliphatic rings. The summed E-state index contributed by atoms with van der Waals surface area (Å²) in [5.74, 6) is -1.48. The Bertz CT molecular complexity index is 1190. The van der Waals surface area contributed by atoms with Crippen LogP contribution in [0.25, 0.3) is 0 Å². The third-order valence-electron chi connectivity index (χ3n) is 9.76. The lowest BCUT2D eigenvalue weighted by molar-refractivity contribution is -0.141. The third kappa shape index (κ3) is 5.65. The second-order valence-corrected chi connectivity index (χ2v) is 13.5. The highest BCUT2D eigenvalue weighted by atomic mass is 35.5. The quantitative estimate of drug-likeness (QED) is 0.423. The molecule has 4 aliphatic heterocycles. The third-order valence-corrected chi connectivity index (χ3v) is 10.2. The average molecular weight is 604 g/mol. The van der Waals surface area contributed by atoms with Crippen molar-refractivity contribution in [2.75, 3.05) is 31.5 Å². The molecule has 4 heterocycles. The number of anilines is 1. The molecule has 41 heavy (non-hydrogen) atoms. The van der Waals surface area contributed by atoms with Crippen molar-refractivity contribution in [1.82, 2.24) is 15.1 Å². The molecular weight excluding hydrogens is 563 g/mol. The molecule has 6 rings (SSSR count). The number of halogens is 2. The van der Waals surface area contributed by atoms with Gasteiger partial charge in [-0.2, -0.15) is 0 Å². The molecule has 1 aromatic rings. The van der Waals surface area contributed by atoms with Crippen molar-refractivity contribution in [1.29, 1.82) is 0 Å². The van der Waals surface area contributed by atoms with E-state index in [-0.39, 0.29) is 23.8 Å². The lowest BCUT2D eigenvalue weighted by atomic mass is 9.74. The van der Waals surface area contributed by atoms with Gasteiger partial charge in [-0.25, -0.2) is 0 Å². The largest absolute Gasteiger partial charge is 0.359 e. The van der Waals surface area contributed by atoms with Gasteiger partial charge in [0, 0.05) is 28.3 Å². The van der Waals surface area contributed by atoms with Crippen LogP contribution >= 0.6 is 23.2 Å². The molecule has 8 nitrogen and oxygen atoms in total. The Balaban J connectivity index is 1.23. The zero-order valence-electron chi connectivity index (χ0n) is 23.6. The molecule has 1 aliphatic carbocycles. The molecule has 3 amide bonds. The fraction of sp³-hybridized carbons (Fsp3) is 0.645. The van der Waals surface area contributed by atoms with Crippen LogP contribution in [-0.4, -0.2) is 77.5 Å². The number of benzene rings is 1. The number of likely N-dealkylation sites (tertiary alicyclic amines) is 2. The number of carbonyl (C=O) groups is 3. The normalized spacial score (nSPS) is 32.0. The Hall–Kier alpha value is -2.13. The number of carbonyl (C=O) groups excluding carboxylic acids is 3. The van der Waals surface area contributed by atoms with Gasteiger partial charge in [-0.15, -0.1) is 0 Å². The molecule has 1 saturated carbocycles. The standard InChI is InChI=1S/C31H40Cl2N4O4/c1-19-9-14-36(15-10-19)12-5-13-37-27(29(39)34-22-6-3-2-4-7-22)31-11-8-24(41-31)25(26(31)30(37)40)28(38)35-23-17-20(32)16-21(33)18-23/h8,11,16-19,22,24-27H,2-7,9-10,12-15H2,1H3,(H,34,39)(H,35,38). The Kier molecular flexibility index (Phi) is 8.38. The van der Waals surface area contributed by atoms with Crippen LogP contribution in [0.15, 0.2) is 30.4 Å². The zero-order chi connectivity index (χ0) is 28.7. The highest BCUT2D eigenvalue weighted by Crippen LogP contribution is 2.55. The lowest BCUT2D eigenvalue weighted by Crippen LogP contribution is -2.56. The Morgan fingerprint density at radius 3 is 2.41 bits per heavy atom. The summed E-state index contributed by atoms with van der Waals surface area (Å²) in [6.07, 6.45) is 11.5. The first-order valence-electron chi connectivity index (χ1n) is 15.2. The van der Waals surface area contributed by atoms with Gasteiger partial charge in [-0.1, -0.05) is 61.5 Å². The number of nitrogens with one attached hydrogen (secondary N) is 2. The van der Waals surface area contributed by atoms with Gasteiger partial charge in [-0.05, 0) is 75.9 Å². The van der Waals surface area contributed by atoms with Gasteiger partial charge in [0.1, 0.15) is 11.6 Å². The molecule has 5 unspecified atom stereocenters. The van der Waals surface area contributed by atoms with E-state index in [1.807, 2.05) is 12.2 Å². The fourth-order valence-electron chi connectivity index (χ4n) is 7.64. The lowest BCUT2D eigenvalue weighted by Gasteiger charge is -2.35. The van der Waals surface area contributed by atoms with E-state index in [0.717, 1.165) is 57.7 Å². The van der Waals surface area contributed by atoms with Crippen LogP contribution in [0.5, 0.6) is 0 Å². The first-order chi connectivity index (χ1) is 19.7. The van der Waals surface area contributed by atoms with Crippen molar-refractivity contribution in [2.24, 2.45) is 17.8 Å². The van der Waals surface area contributed by atoms with Gasteiger partial charge in [0.25, 0.3) is 0 Å². The second-order valence-electron chi connectivity index (χ2n) is 12.6. The molecular formula is C31H40Cl2N4O4. The number of hydrogen-bond acceptors (Lipinski definition) is 5. The predicted octanol–water partition coefficient (Wildman–Crippen LogP) is 4.65.